The number of benzene rings is 1. The molecule has 0 bridgehead atoms. The number of aromatic nitrogens is 2. The van der Waals surface area contributed by atoms with Gasteiger partial charge in [0.2, 0.25) is 5.95 Å². The summed E-state index contributed by atoms with van der Waals surface area (Å²) in [7, 11) is 0. The molecular formula is C15H16N4O. The number of aryl methyl sites for hydroxylation is 3. The van der Waals surface area contributed by atoms with Crippen LogP contribution in [0.1, 0.15) is 28.8 Å². The van der Waals surface area contributed by atoms with Crippen molar-refractivity contribution in [3.05, 3.63) is 57.0 Å². The summed E-state index contributed by atoms with van der Waals surface area (Å²) in [6.45, 7) is 1.77. The molecule has 20 heavy (non-hydrogen) atoms. The van der Waals surface area contributed by atoms with E-state index in [2.05, 4.69) is 38.7 Å². The molecule has 1 aromatic carbocycles. The fourth-order valence-electron chi connectivity index (χ4n) is 2.47. The molecule has 1 aliphatic rings. The Morgan fingerprint density at radius 2 is 2.15 bits per heavy atom. The standard InChI is InChI=1S/C15H16N4O/c1-10-7-14(20)18-15(17-10)19-16-9-11-5-6-12-3-2-4-13(12)8-11/h5-9H,2-4H2,1H3,(H2,17,18,19,20)/b16-9+. The fourth-order valence-corrected chi connectivity index (χ4v) is 2.47. The predicted octanol–water partition coefficient (Wildman–Crippen LogP) is 2.01. The number of hydrogen-bond donors (Lipinski definition) is 2. The summed E-state index contributed by atoms with van der Waals surface area (Å²) in [6.07, 6.45) is 5.31. The van der Waals surface area contributed by atoms with Crippen molar-refractivity contribution in [2.45, 2.75) is 26.2 Å². The van der Waals surface area contributed by atoms with Crippen LogP contribution in [-0.4, -0.2) is 16.2 Å². The van der Waals surface area contributed by atoms with Crippen LogP contribution in [0.4, 0.5) is 5.95 Å². The van der Waals surface area contributed by atoms with E-state index in [4.69, 9.17) is 0 Å². The van der Waals surface area contributed by atoms with Crippen molar-refractivity contribution in [2.75, 3.05) is 5.43 Å². The summed E-state index contributed by atoms with van der Waals surface area (Å²) in [4.78, 5) is 18.0. The van der Waals surface area contributed by atoms with Gasteiger partial charge in [0.05, 0.1) is 6.21 Å². The van der Waals surface area contributed by atoms with Crippen LogP contribution in [0.15, 0.2) is 34.2 Å². The van der Waals surface area contributed by atoms with Gasteiger partial charge in [0, 0.05) is 11.8 Å². The van der Waals surface area contributed by atoms with E-state index < -0.39 is 0 Å². The van der Waals surface area contributed by atoms with Crippen molar-refractivity contribution in [3.8, 4) is 0 Å². The van der Waals surface area contributed by atoms with Crippen molar-refractivity contribution in [1.82, 2.24) is 9.97 Å². The van der Waals surface area contributed by atoms with Crippen LogP contribution in [0.2, 0.25) is 0 Å². The quantitative estimate of drug-likeness (QED) is 0.661. The summed E-state index contributed by atoms with van der Waals surface area (Å²) in [5, 5.41) is 4.11. The van der Waals surface area contributed by atoms with E-state index in [0.717, 1.165) is 12.0 Å². The molecule has 0 fully saturated rings. The average molecular weight is 268 g/mol. The van der Waals surface area contributed by atoms with Crippen LogP contribution in [0, 0.1) is 6.92 Å². The van der Waals surface area contributed by atoms with Crippen LogP contribution < -0.4 is 11.0 Å². The van der Waals surface area contributed by atoms with Crippen LogP contribution in [0.3, 0.4) is 0 Å². The zero-order chi connectivity index (χ0) is 13.9. The highest BCUT2D eigenvalue weighted by Gasteiger charge is 2.09. The smallest absolute Gasteiger partial charge is 0.252 e. The Labute approximate surface area is 116 Å². The summed E-state index contributed by atoms with van der Waals surface area (Å²) in [5.41, 5.74) is 7.12. The Bertz CT molecular complexity index is 718. The van der Waals surface area contributed by atoms with Crippen LogP contribution >= 0.6 is 0 Å². The Hall–Kier alpha value is -2.43. The summed E-state index contributed by atoms with van der Waals surface area (Å²) < 4.78 is 0. The topological polar surface area (TPSA) is 70.1 Å². The van der Waals surface area contributed by atoms with Crippen LogP contribution in [0.25, 0.3) is 0 Å². The molecule has 0 aliphatic heterocycles. The Kier molecular flexibility index (Phi) is 3.33. The van der Waals surface area contributed by atoms with E-state index in [1.807, 2.05) is 0 Å². The van der Waals surface area contributed by atoms with E-state index >= 15 is 0 Å². The van der Waals surface area contributed by atoms with Gasteiger partial charge in [-0.1, -0.05) is 12.1 Å². The third kappa shape index (κ3) is 2.77. The molecule has 3 rings (SSSR count). The number of nitrogens with zero attached hydrogens (tertiary/aromatic N) is 2. The molecular weight excluding hydrogens is 252 g/mol. The lowest BCUT2D eigenvalue weighted by Gasteiger charge is -2.01. The molecule has 5 heteroatoms. The second-order valence-electron chi connectivity index (χ2n) is 4.99. The van der Waals surface area contributed by atoms with Gasteiger partial charge in [0.15, 0.2) is 0 Å². The van der Waals surface area contributed by atoms with Gasteiger partial charge in [0.25, 0.3) is 5.56 Å². The maximum Gasteiger partial charge on any atom is 0.252 e. The van der Waals surface area contributed by atoms with Gasteiger partial charge in [-0.2, -0.15) is 5.10 Å². The van der Waals surface area contributed by atoms with Gasteiger partial charge in [-0.05, 0) is 48.9 Å². The number of hydrazone groups is 1. The molecule has 0 saturated carbocycles. The number of rotatable bonds is 3. The molecule has 0 unspecified atom stereocenters. The van der Waals surface area contributed by atoms with Gasteiger partial charge in [-0.3, -0.25) is 9.78 Å². The molecule has 2 aromatic rings. The van der Waals surface area contributed by atoms with Crippen molar-refractivity contribution in [2.24, 2.45) is 5.10 Å². The van der Waals surface area contributed by atoms with Gasteiger partial charge >= 0.3 is 0 Å². The zero-order valence-electron chi connectivity index (χ0n) is 11.3. The molecule has 102 valence electrons. The minimum Gasteiger partial charge on any atom is -0.291 e. The first kappa shape index (κ1) is 12.6. The average Bonchev–Trinajstić information content (AvgIpc) is 2.85. The van der Waals surface area contributed by atoms with Crippen molar-refractivity contribution >= 4 is 12.2 Å². The summed E-state index contributed by atoms with van der Waals surface area (Å²) >= 11 is 0. The number of aromatic amines is 1. The minimum atomic E-state index is -0.187. The fraction of sp³-hybridized carbons (Fsp3) is 0.267. The summed E-state index contributed by atoms with van der Waals surface area (Å²) in [5.74, 6) is 0.354. The minimum absolute atomic E-state index is 0.187. The van der Waals surface area contributed by atoms with Crippen LogP contribution in [-0.2, 0) is 12.8 Å². The molecule has 0 spiro atoms. The van der Waals surface area contributed by atoms with E-state index in [-0.39, 0.29) is 5.56 Å². The molecule has 0 atom stereocenters. The van der Waals surface area contributed by atoms with Gasteiger partial charge < -0.3 is 0 Å². The number of nitrogens with one attached hydrogen (secondary N) is 2. The van der Waals surface area contributed by atoms with E-state index in [1.54, 1.807) is 13.1 Å². The lowest BCUT2D eigenvalue weighted by atomic mass is 10.1. The first-order valence-corrected chi connectivity index (χ1v) is 6.69. The second-order valence-corrected chi connectivity index (χ2v) is 4.99. The van der Waals surface area contributed by atoms with E-state index in [0.29, 0.717) is 11.6 Å². The van der Waals surface area contributed by atoms with Gasteiger partial charge in [-0.15, -0.1) is 0 Å². The molecule has 1 aliphatic carbocycles. The number of anilines is 1. The highest BCUT2D eigenvalue weighted by molar-refractivity contribution is 5.80. The summed E-state index contributed by atoms with van der Waals surface area (Å²) in [6, 6.07) is 7.83. The predicted molar refractivity (Wildman–Crippen MR) is 79.3 cm³/mol. The monoisotopic (exact) mass is 268 g/mol. The number of fused-ring (bicyclic) bond motifs is 1. The Balaban J connectivity index is 1.73. The van der Waals surface area contributed by atoms with Crippen molar-refractivity contribution in [1.29, 1.82) is 0 Å². The van der Waals surface area contributed by atoms with Crippen molar-refractivity contribution < 1.29 is 0 Å². The second kappa shape index (κ2) is 5.28. The number of hydrogen-bond acceptors (Lipinski definition) is 4. The number of H-pyrrole nitrogens is 1. The molecule has 0 radical (unpaired) electrons. The largest absolute Gasteiger partial charge is 0.291 e. The highest BCUT2D eigenvalue weighted by Crippen LogP contribution is 2.22. The normalized spacial score (nSPS) is 13.7. The van der Waals surface area contributed by atoms with Gasteiger partial charge in [-0.25, -0.2) is 10.4 Å². The maximum absolute atomic E-state index is 11.3. The van der Waals surface area contributed by atoms with Gasteiger partial charge in [0.1, 0.15) is 0 Å². The maximum atomic E-state index is 11.3. The first-order chi connectivity index (χ1) is 9.70. The Morgan fingerprint density at radius 1 is 1.30 bits per heavy atom. The van der Waals surface area contributed by atoms with Crippen LogP contribution in [0.5, 0.6) is 0 Å². The third-order valence-electron chi connectivity index (χ3n) is 3.38. The Morgan fingerprint density at radius 3 is 3.00 bits per heavy atom. The van der Waals surface area contributed by atoms with E-state index in [1.165, 1.54) is 30.0 Å². The highest BCUT2D eigenvalue weighted by atomic mass is 16.1. The first-order valence-electron chi connectivity index (χ1n) is 6.69. The van der Waals surface area contributed by atoms with E-state index in [9.17, 15) is 4.79 Å². The lowest BCUT2D eigenvalue weighted by molar-refractivity contribution is 0.912. The molecule has 1 heterocycles. The molecule has 2 N–H and O–H groups in total. The molecule has 5 nitrogen and oxygen atoms in total. The lowest BCUT2D eigenvalue weighted by Crippen LogP contribution is -2.10. The van der Waals surface area contributed by atoms with Crippen molar-refractivity contribution in [3.63, 3.8) is 0 Å². The zero-order valence-corrected chi connectivity index (χ0v) is 11.3. The molecule has 0 amide bonds. The third-order valence-corrected chi connectivity index (χ3v) is 3.38. The SMILES string of the molecule is Cc1cc(=O)[nH]c(N/N=C/c2ccc3c(c2)CCC3)n1. The molecule has 0 saturated heterocycles. The molecule has 1 aromatic heterocycles.